The van der Waals surface area contributed by atoms with E-state index in [1.807, 2.05) is 13.8 Å². The van der Waals surface area contributed by atoms with Gasteiger partial charge in [-0.3, -0.25) is 0 Å². The van der Waals surface area contributed by atoms with Crippen LogP contribution in [-0.4, -0.2) is 21.0 Å². The fourth-order valence-electron chi connectivity index (χ4n) is 1.66. The van der Waals surface area contributed by atoms with Crippen LogP contribution in [0.1, 0.15) is 21.9 Å². The lowest BCUT2D eigenvalue weighted by Gasteiger charge is -2.07. The highest BCUT2D eigenvalue weighted by atomic mass is 35.5. The zero-order valence-corrected chi connectivity index (χ0v) is 11.4. The normalized spacial score (nSPS) is 9.58. The zero-order chi connectivity index (χ0) is 13.1. The number of carbonyl (C=O) groups is 1. The molecule has 0 radical (unpaired) electrons. The Labute approximate surface area is 117 Å². The SMILES string of the molecule is Cc1cc(Nc2cccc(C(=O)O)c2)nc(C)n1.Cl. The average Bonchev–Trinajstić information content (AvgIpc) is 2.27. The Balaban J connectivity index is 0.00000180. The molecule has 1 aromatic carbocycles. The third-order valence-electron chi connectivity index (χ3n) is 2.35. The smallest absolute Gasteiger partial charge is 0.335 e. The molecule has 6 heteroatoms. The van der Waals surface area contributed by atoms with Gasteiger partial charge in [-0.1, -0.05) is 6.07 Å². The molecule has 19 heavy (non-hydrogen) atoms. The maximum Gasteiger partial charge on any atom is 0.335 e. The highest BCUT2D eigenvalue weighted by Crippen LogP contribution is 2.16. The molecular weight excluding hydrogens is 266 g/mol. The Bertz CT molecular complexity index is 582. The van der Waals surface area contributed by atoms with Gasteiger partial charge in [-0.2, -0.15) is 0 Å². The van der Waals surface area contributed by atoms with Crippen molar-refractivity contribution >= 4 is 29.9 Å². The lowest BCUT2D eigenvalue weighted by Crippen LogP contribution is -2.00. The predicted octanol–water partition coefficient (Wildman–Crippen LogP) is 2.96. The number of aryl methyl sites for hydroxylation is 2. The molecule has 5 nitrogen and oxygen atoms in total. The van der Waals surface area contributed by atoms with Gasteiger partial charge in [0.05, 0.1) is 5.56 Å². The Kier molecular flexibility index (Phi) is 4.83. The number of carboxylic acids is 1. The molecule has 100 valence electrons. The predicted molar refractivity (Wildman–Crippen MR) is 75.4 cm³/mol. The number of aromatic carboxylic acids is 1. The van der Waals surface area contributed by atoms with Crippen molar-refractivity contribution in [3.8, 4) is 0 Å². The highest BCUT2D eigenvalue weighted by molar-refractivity contribution is 5.89. The van der Waals surface area contributed by atoms with E-state index in [1.54, 1.807) is 30.3 Å². The summed E-state index contributed by atoms with van der Waals surface area (Å²) in [5.41, 5.74) is 1.79. The van der Waals surface area contributed by atoms with E-state index in [0.29, 0.717) is 17.3 Å². The first-order chi connectivity index (χ1) is 8.54. The van der Waals surface area contributed by atoms with Gasteiger partial charge in [-0.15, -0.1) is 12.4 Å². The molecule has 0 spiro atoms. The Morgan fingerprint density at radius 1 is 1.21 bits per heavy atom. The number of hydrogen-bond donors (Lipinski definition) is 2. The van der Waals surface area contributed by atoms with Gasteiger partial charge in [0, 0.05) is 17.4 Å². The van der Waals surface area contributed by atoms with Crippen LogP contribution in [0.5, 0.6) is 0 Å². The first kappa shape index (κ1) is 14.9. The fourth-order valence-corrected chi connectivity index (χ4v) is 1.66. The summed E-state index contributed by atoms with van der Waals surface area (Å²) in [6, 6.07) is 8.39. The van der Waals surface area contributed by atoms with Crippen LogP contribution in [0.4, 0.5) is 11.5 Å². The molecule has 0 unspecified atom stereocenters. The number of benzene rings is 1. The van der Waals surface area contributed by atoms with Crippen LogP contribution >= 0.6 is 12.4 Å². The van der Waals surface area contributed by atoms with Crippen LogP contribution in [0.25, 0.3) is 0 Å². The number of nitrogens with one attached hydrogen (secondary N) is 1. The molecule has 0 atom stereocenters. The van der Waals surface area contributed by atoms with Crippen molar-refractivity contribution in [1.82, 2.24) is 9.97 Å². The summed E-state index contributed by atoms with van der Waals surface area (Å²) in [6.45, 7) is 3.69. The quantitative estimate of drug-likeness (QED) is 0.903. The van der Waals surface area contributed by atoms with E-state index >= 15 is 0 Å². The van der Waals surface area contributed by atoms with Crippen LogP contribution in [0.15, 0.2) is 30.3 Å². The number of anilines is 2. The fraction of sp³-hybridized carbons (Fsp3) is 0.154. The molecule has 0 aliphatic rings. The van der Waals surface area contributed by atoms with Gasteiger partial charge in [0.25, 0.3) is 0 Å². The van der Waals surface area contributed by atoms with Crippen LogP contribution in [0.3, 0.4) is 0 Å². The third-order valence-corrected chi connectivity index (χ3v) is 2.35. The largest absolute Gasteiger partial charge is 0.478 e. The van der Waals surface area contributed by atoms with Crippen molar-refractivity contribution in [2.75, 3.05) is 5.32 Å². The van der Waals surface area contributed by atoms with Gasteiger partial charge >= 0.3 is 5.97 Å². The summed E-state index contributed by atoms with van der Waals surface area (Å²) in [6.07, 6.45) is 0. The number of halogens is 1. The first-order valence-electron chi connectivity index (χ1n) is 5.47. The number of rotatable bonds is 3. The van der Waals surface area contributed by atoms with E-state index in [1.165, 1.54) is 0 Å². The second-order valence-corrected chi connectivity index (χ2v) is 3.95. The van der Waals surface area contributed by atoms with E-state index in [0.717, 1.165) is 5.69 Å². The maximum atomic E-state index is 10.9. The standard InChI is InChI=1S/C13H13N3O2.ClH/c1-8-6-12(15-9(2)14-8)16-11-5-3-4-10(7-11)13(17)18;/h3-7H,1-2H3,(H,17,18)(H,14,15,16);1H. The van der Waals surface area contributed by atoms with Crippen molar-refractivity contribution in [2.45, 2.75) is 13.8 Å². The number of aromatic nitrogens is 2. The topological polar surface area (TPSA) is 75.1 Å². The van der Waals surface area contributed by atoms with Gasteiger partial charge in [-0.05, 0) is 32.0 Å². The second-order valence-electron chi connectivity index (χ2n) is 3.95. The minimum atomic E-state index is -0.950. The number of carboxylic acid groups (broad SMARTS) is 1. The van der Waals surface area contributed by atoms with E-state index in [9.17, 15) is 4.79 Å². The molecule has 0 aliphatic carbocycles. The molecule has 1 aromatic heterocycles. The molecular formula is C13H14ClN3O2. The minimum absolute atomic E-state index is 0. The monoisotopic (exact) mass is 279 g/mol. The van der Waals surface area contributed by atoms with Crippen molar-refractivity contribution in [3.05, 3.63) is 47.4 Å². The summed E-state index contributed by atoms with van der Waals surface area (Å²) in [4.78, 5) is 19.3. The van der Waals surface area contributed by atoms with Crippen LogP contribution in [0.2, 0.25) is 0 Å². The Morgan fingerprint density at radius 2 is 1.95 bits per heavy atom. The van der Waals surface area contributed by atoms with E-state index in [2.05, 4.69) is 15.3 Å². The molecule has 1 heterocycles. The molecule has 2 rings (SSSR count). The molecule has 0 saturated carbocycles. The van der Waals surface area contributed by atoms with Crippen molar-refractivity contribution in [2.24, 2.45) is 0 Å². The van der Waals surface area contributed by atoms with Gasteiger partial charge in [0.15, 0.2) is 0 Å². The van der Waals surface area contributed by atoms with Crippen LogP contribution < -0.4 is 5.32 Å². The van der Waals surface area contributed by atoms with Crippen molar-refractivity contribution in [3.63, 3.8) is 0 Å². The summed E-state index contributed by atoms with van der Waals surface area (Å²) < 4.78 is 0. The summed E-state index contributed by atoms with van der Waals surface area (Å²) in [7, 11) is 0. The third kappa shape index (κ3) is 3.93. The second kappa shape index (κ2) is 6.15. The molecule has 0 bridgehead atoms. The Hall–Kier alpha value is -2.14. The summed E-state index contributed by atoms with van der Waals surface area (Å²) in [5.74, 6) is 0.378. The van der Waals surface area contributed by atoms with Gasteiger partial charge in [0.2, 0.25) is 0 Å². The molecule has 0 aliphatic heterocycles. The summed E-state index contributed by atoms with van der Waals surface area (Å²) >= 11 is 0. The molecule has 0 fully saturated rings. The molecule has 0 amide bonds. The van der Waals surface area contributed by atoms with E-state index in [-0.39, 0.29) is 18.0 Å². The van der Waals surface area contributed by atoms with Gasteiger partial charge < -0.3 is 10.4 Å². The zero-order valence-electron chi connectivity index (χ0n) is 10.5. The lowest BCUT2D eigenvalue weighted by atomic mass is 10.2. The van der Waals surface area contributed by atoms with Crippen molar-refractivity contribution < 1.29 is 9.90 Å². The van der Waals surface area contributed by atoms with Crippen molar-refractivity contribution in [1.29, 1.82) is 0 Å². The lowest BCUT2D eigenvalue weighted by molar-refractivity contribution is 0.0697. The number of hydrogen-bond acceptors (Lipinski definition) is 4. The minimum Gasteiger partial charge on any atom is -0.478 e. The van der Waals surface area contributed by atoms with Gasteiger partial charge in [-0.25, -0.2) is 14.8 Å². The van der Waals surface area contributed by atoms with Crippen LogP contribution in [-0.2, 0) is 0 Å². The number of nitrogens with zero attached hydrogens (tertiary/aromatic N) is 2. The average molecular weight is 280 g/mol. The van der Waals surface area contributed by atoms with Gasteiger partial charge in [0.1, 0.15) is 11.6 Å². The molecule has 2 aromatic rings. The maximum absolute atomic E-state index is 10.9. The molecule has 0 saturated heterocycles. The Morgan fingerprint density at radius 3 is 2.58 bits per heavy atom. The van der Waals surface area contributed by atoms with E-state index in [4.69, 9.17) is 5.11 Å². The van der Waals surface area contributed by atoms with E-state index < -0.39 is 5.97 Å². The summed E-state index contributed by atoms with van der Waals surface area (Å²) in [5, 5.41) is 12.0. The molecule has 2 N–H and O–H groups in total. The van der Waals surface area contributed by atoms with Crippen LogP contribution in [0, 0.1) is 13.8 Å². The highest BCUT2D eigenvalue weighted by Gasteiger charge is 2.04. The first-order valence-corrected chi connectivity index (χ1v) is 5.47.